The second kappa shape index (κ2) is 5.47. The lowest BCUT2D eigenvalue weighted by molar-refractivity contribution is -0.133. The third kappa shape index (κ3) is 2.50. The zero-order valence-corrected chi connectivity index (χ0v) is 12.8. The van der Waals surface area contributed by atoms with Gasteiger partial charge in [-0.3, -0.25) is 10.1 Å². The van der Waals surface area contributed by atoms with Crippen molar-refractivity contribution < 1.29 is 9.90 Å². The van der Waals surface area contributed by atoms with Gasteiger partial charge >= 0.3 is 0 Å². The van der Waals surface area contributed by atoms with Crippen LogP contribution in [0.3, 0.4) is 0 Å². The van der Waals surface area contributed by atoms with E-state index in [1.165, 1.54) is 9.75 Å². The number of aryl methyl sites for hydroxylation is 1. The van der Waals surface area contributed by atoms with Crippen LogP contribution in [0.25, 0.3) is 0 Å². The van der Waals surface area contributed by atoms with Crippen molar-refractivity contribution in [2.45, 2.75) is 63.9 Å². The largest absolute Gasteiger partial charge is 0.393 e. The van der Waals surface area contributed by atoms with E-state index in [2.05, 4.69) is 24.4 Å². The molecule has 1 aliphatic heterocycles. The lowest BCUT2D eigenvalue weighted by Gasteiger charge is -2.36. The number of carbonyl (C=O) groups excluding carboxylic acids is 1. The van der Waals surface area contributed by atoms with E-state index in [1.54, 1.807) is 11.3 Å². The van der Waals surface area contributed by atoms with Crippen LogP contribution in [-0.2, 0) is 4.79 Å². The van der Waals surface area contributed by atoms with E-state index < -0.39 is 0 Å². The minimum absolute atomic E-state index is 0.0106. The van der Waals surface area contributed by atoms with Gasteiger partial charge in [0.25, 0.3) is 0 Å². The van der Waals surface area contributed by atoms with Gasteiger partial charge in [0.2, 0.25) is 5.91 Å². The second-order valence-electron chi connectivity index (χ2n) is 5.95. The Labute approximate surface area is 123 Å². The summed E-state index contributed by atoms with van der Waals surface area (Å²) >= 11 is 1.75. The van der Waals surface area contributed by atoms with Crippen LogP contribution in [0.1, 0.15) is 48.5 Å². The first kappa shape index (κ1) is 14.0. The average Bonchev–Trinajstić information content (AvgIpc) is 2.97. The first-order valence-electron chi connectivity index (χ1n) is 7.39. The molecule has 2 unspecified atom stereocenters. The highest BCUT2D eigenvalue weighted by Gasteiger charge is 2.42. The zero-order valence-electron chi connectivity index (χ0n) is 12.0. The topological polar surface area (TPSA) is 52.6 Å². The predicted octanol–water partition coefficient (Wildman–Crippen LogP) is 2.18. The van der Waals surface area contributed by atoms with Gasteiger partial charge in [0.15, 0.2) is 0 Å². The number of hydrogen-bond donors (Lipinski definition) is 2. The average molecular weight is 294 g/mol. The Balaban J connectivity index is 1.83. The summed E-state index contributed by atoms with van der Waals surface area (Å²) in [4.78, 5) is 17.0. The summed E-state index contributed by atoms with van der Waals surface area (Å²) in [7, 11) is 0. The molecule has 1 saturated carbocycles. The third-order valence-electron chi connectivity index (χ3n) is 4.40. The van der Waals surface area contributed by atoms with Crippen molar-refractivity contribution in [2.75, 3.05) is 0 Å². The molecular formula is C15H22N2O2S. The van der Waals surface area contributed by atoms with Crippen LogP contribution >= 0.6 is 11.3 Å². The van der Waals surface area contributed by atoms with Crippen LogP contribution in [0, 0.1) is 6.92 Å². The molecule has 1 saturated heterocycles. The summed E-state index contributed by atoms with van der Waals surface area (Å²) in [5.74, 6) is 0.197. The van der Waals surface area contributed by atoms with Crippen LogP contribution in [-0.4, -0.2) is 34.1 Å². The van der Waals surface area contributed by atoms with E-state index in [4.69, 9.17) is 0 Å². The zero-order chi connectivity index (χ0) is 14.3. The highest BCUT2D eigenvalue weighted by Crippen LogP contribution is 2.35. The van der Waals surface area contributed by atoms with Gasteiger partial charge in [0, 0.05) is 15.8 Å². The van der Waals surface area contributed by atoms with Gasteiger partial charge in [0.05, 0.1) is 12.1 Å². The van der Waals surface area contributed by atoms with Crippen molar-refractivity contribution in [3.63, 3.8) is 0 Å². The fraction of sp³-hybridized carbons (Fsp3) is 0.667. The number of amides is 1. The number of carbonyl (C=O) groups is 1. The van der Waals surface area contributed by atoms with Crippen molar-refractivity contribution >= 4 is 17.2 Å². The van der Waals surface area contributed by atoms with Crippen molar-refractivity contribution in [1.29, 1.82) is 0 Å². The molecule has 1 aromatic rings. The van der Waals surface area contributed by atoms with Crippen molar-refractivity contribution in [3.8, 4) is 0 Å². The molecule has 2 N–H and O–H groups in total. The number of rotatable bonds is 2. The van der Waals surface area contributed by atoms with E-state index in [1.807, 2.05) is 11.8 Å². The maximum atomic E-state index is 12.5. The first-order valence-corrected chi connectivity index (χ1v) is 8.20. The second-order valence-corrected chi connectivity index (χ2v) is 7.27. The van der Waals surface area contributed by atoms with Crippen LogP contribution in [0.15, 0.2) is 12.1 Å². The van der Waals surface area contributed by atoms with E-state index in [9.17, 15) is 9.90 Å². The molecule has 4 nitrogen and oxygen atoms in total. The number of aliphatic hydroxyl groups excluding tert-OH is 1. The monoisotopic (exact) mass is 294 g/mol. The van der Waals surface area contributed by atoms with Crippen LogP contribution < -0.4 is 5.32 Å². The summed E-state index contributed by atoms with van der Waals surface area (Å²) in [5, 5.41) is 13.1. The van der Waals surface area contributed by atoms with Gasteiger partial charge in [-0.1, -0.05) is 0 Å². The van der Waals surface area contributed by atoms with E-state index in [0.717, 1.165) is 25.7 Å². The van der Waals surface area contributed by atoms with Gasteiger partial charge < -0.3 is 10.0 Å². The predicted molar refractivity (Wildman–Crippen MR) is 79.5 cm³/mol. The van der Waals surface area contributed by atoms with Crippen molar-refractivity contribution in [2.24, 2.45) is 0 Å². The molecule has 0 radical (unpaired) electrons. The van der Waals surface area contributed by atoms with Crippen molar-refractivity contribution in [3.05, 3.63) is 21.9 Å². The maximum absolute atomic E-state index is 12.5. The molecule has 0 bridgehead atoms. The molecule has 2 heterocycles. The molecule has 2 fully saturated rings. The molecule has 2 aliphatic rings. The Morgan fingerprint density at radius 2 is 2.00 bits per heavy atom. The SMILES string of the molecule is Cc1ccc(C2NC(C)C(=O)N2C2CCC(O)CC2)s1. The number of aliphatic hydroxyl groups is 1. The molecule has 1 aromatic heterocycles. The molecule has 5 heteroatoms. The fourth-order valence-electron chi connectivity index (χ4n) is 3.29. The maximum Gasteiger partial charge on any atom is 0.241 e. The van der Waals surface area contributed by atoms with Crippen LogP contribution in [0.4, 0.5) is 0 Å². The number of thiophene rings is 1. The highest BCUT2D eigenvalue weighted by molar-refractivity contribution is 7.12. The molecule has 2 atom stereocenters. The Hall–Kier alpha value is -0.910. The highest BCUT2D eigenvalue weighted by atomic mass is 32.1. The molecule has 0 aromatic carbocycles. The summed E-state index contributed by atoms with van der Waals surface area (Å²) in [6.07, 6.45) is 3.25. The fourth-order valence-corrected chi connectivity index (χ4v) is 4.22. The molecule has 3 rings (SSSR count). The van der Waals surface area contributed by atoms with E-state index in [-0.39, 0.29) is 30.3 Å². The van der Waals surface area contributed by atoms with E-state index in [0.29, 0.717) is 0 Å². The smallest absolute Gasteiger partial charge is 0.241 e. The molecule has 1 aliphatic carbocycles. The minimum atomic E-state index is -0.184. The summed E-state index contributed by atoms with van der Waals surface area (Å²) in [6.45, 7) is 4.03. The van der Waals surface area contributed by atoms with Crippen LogP contribution in [0.5, 0.6) is 0 Å². The quantitative estimate of drug-likeness (QED) is 0.879. The molecular weight excluding hydrogens is 272 g/mol. The lowest BCUT2D eigenvalue weighted by Crippen LogP contribution is -2.42. The van der Waals surface area contributed by atoms with Gasteiger partial charge in [0.1, 0.15) is 6.17 Å². The van der Waals surface area contributed by atoms with Crippen molar-refractivity contribution in [1.82, 2.24) is 10.2 Å². The van der Waals surface area contributed by atoms with Gasteiger partial charge in [-0.25, -0.2) is 0 Å². The van der Waals surface area contributed by atoms with Crippen LogP contribution in [0.2, 0.25) is 0 Å². The minimum Gasteiger partial charge on any atom is -0.393 e. The molecule has 110 valence electrons. The number of nitrogens with one attached hydrogen (secondary N) is 1. The Morgan fingerprint density at radius 1 is 1.30 bits per heavy atom. The number of hydrogen-bond acceptors (Lipinski definition) is 4. The Kier molecular flexibility index (Phi) is 3.84. The normalized spacial score (nSPS) is 34.8. The van der Waals surface area contributed by atoms with Gasteiger partial charge in [-0.05, 0) is 51.7 Å². The van der Waals surface area contributed by atoms with E-state index >= 15 is 0 Å². The number of nitrogens with zero attached hydrogens (tertiary/aromatic N) is 1. The summed E-state index contributed by atoms with van der Waals surface area (Å²) < 4.78 is 0. The molecule has 0 spiro atoms. The lowest BCUT2D eigenvalue weighted by atomic mass is 9.91. The van der Waals surface area contributed by atoms with Gasteiger partial charge in [-0.2, -0.15) is 0 Å². The van der Waals surface area contributed by atoms with Gasteiger partial charge in [-0.15, -0.1) is 11.3 Å². The third-order valence-corrected chi connectivity index (χ3v) is 5.45. The summed E-state index contributed by atoms with van der Waals surface area (Å²) in [5.41, 5.74) is 0. The Bertz CT molecular complexity index is 494. The molecule has 1 amide bonds. The summed E-state index contributed by atoms with van der Waals surface area (Å²) in [6, 6.07) is 4.37. The first-order chi connectivity index (χ1) is 9.56. The standard InChI is InChI=1S/C15H22N2O2S/c1-9-3-8-13(20-9)14-16-10(2)15(19)17(14)11-4-6-12(18)7-5-11/h3,8,10-12,14,16,18H,4-7H2,1-2H3. The Morgan fingerprint density at radius 3 is 2.60 bits per heavy atom. The molecule has 20 heavy (non-hydrogen) atoms.